The topological polar surface area (TPSA) is 136 Å². The Hall–Kier alpha value is -3.89. The number of benzene rings is 1. The summed E-state index contributed by atoms with van der Waals surface area (Å²) in [5, 5.41) is 17.0. The molecule has 0 radical (unpaired) electrons. The van der Waals surface area contributed by atoms with E-state index in [4.69, 9.17) is 9.47 Å². The quantitative estimate of drug-likeness (QED) is 0.418. The number of nitrogens with one attached hydrogen (secondary N) is 2. The molecule has 2 aromatic rings. The van der Waals surface area contributed by atoms with Gasteiger partial charge in [0, 0.05) is 50.3 Å². The third-order valence-electron chi connectivity index (χ3n) is 5.71. The van der Waals surface area contributed by atoms with Crippen molar-refractivity contribution in [3.8, 4) is 11.5 Å². The maximum atomic E-state index is 13.1. The van der Waals surface area contributed by atoms with E-state index in [1.54, 1.807) is 12.1 Å². The molecule has 182 valence electrons. The average Bonchev–Trinajstić information content (AvgIpc) is 2.83. The first-order valence-electron chi connectivity index (χ1n) is 11.0. The van der Waals surface area contributed by atoms with Gasteiger partial charge in [0.2, 0.25) is 17.6 Å². The molecule has 0 spiro atoms. The number of rotatable bonds is 9. The monoisotopic (exact) mass is 471 g/mol. The zero-order valence-electron chi connectivity index (χ0n) is 19.4. The minimum atomic E-state index is -0.798. The smallest absolute Gasteiger partial charge is 0.311 e. The molecule has 0 aliphatic carbocycles. The van der Waals surface area contributed by atoms with Gasteiger partial charge in [-0.25, -0.2) is 4.98 Å². The number of anilines is 1. The molecule has 1 aliphatic rings. The lowest BCUT2D eigenvalue weighted by molar-refractivity contribution is -0.384. The molecule has 0 bridgehead atoms. The van der Waals surface area contributed by atoms with Crippen LogP contribution in [0.3, 0.4) is 0 Å². The van der Waals surface area contributed by atoms with Crippen molar-refractivity contribution in [3.63, 3.8) is 0 Å². The van der Waals surface area contributed by atoms with Crippen LogP contribution >= 0.6 is 0 Å². The standard InChI is InChI=1S/C23H29N5O6/c1-15(29)25-18(14-16-6-4-8-20(33-2)21(16)34-3)23(30)26-17-9-12-27(13-10-17)22-19(28(31)32)7-5-11-24-22/h4-8,11,17-18H,9-10,12-14H2,1-3H3,(H,25,29)(H,26,30)/t18-/m0/s1. The normalized spacial score (nSPS) is 14.7. The maximum Gasteiger partial charge on any atom is 0.311 e. The van der Waals surface area contributed by atoms with E-state index < -0.39 is 11.0 Å². The van der Waals surface area contributed by atoms with Crippen molar-refractivity contribution in [2.24, 2.45) is 0 Å². The lowest BCUT2D eigenvalue weighted by Crippen LogP contribution is -2.52. The Morgan fingerprint density at radius 1 is 1.21 bits per heavy atom. The second kappa shape index (κ2) is 11.3. The highest BCUT2D eigenvalue weighted by Crippen LogP contribution is 2.31. The van der Waals surface area contributed by atoms with Crippen molar-refractivity contribution in [2.75, 3.05) is 32.2 Å². The van der Waals surface area contributed by atoms with Crippen molar-refractivity contribution in [2.45, 2.75) is 38.3 Å². The summed E-state index contributed by atoms with van der Waals surface area (Å²) in [6.07, 6.45) is 2.94. The molecular weight excluding hydrogens is 442 g/mol. The van der Waals surface area contributed by atoms with Crippen molar-refractivity contribution < 1.29 is 24.0 Å². The molecule has 1 saturated heterocycles. The Morgan fingerprint density at radius 3 is 2.56 bits per heavy atom. The van der Waals surface area contributed by atoms with Crippen molar-refractivity contribution in [1.29, 1.82) is 0 Å². The van der Waals surface area contributed by atoms with E-state index >= 15 is 0 Å². The van der Waals surface area contributed by atoms with E-state index in [-0.39, 0.29) is 30.0 Å². The van der Waals surface area contributed by atoms with Gasteiger partial charge in [-0.2, -0.15) is 0 Å². The number of carbonyl (C=O) groups is 2. The van der Waals surface area contributed by atoms with Crippen LogP contribution in [0.25, 0.3) is 0 Å². The number of hydrogen-bond donors (Lipinski definition) is 2. The molecule has 0 unspecified atom stereocenters. The Balaban J connectivity index is 1.66. The molecule has 11 heteroatoms. The number of aromatic nitrogens is 1. The fourth-order valence-corrected chi connectivity index (χ4v) is 4.10. The van der Waals surface area contributed by atoms with Crippen LogP contribution in [0.5, 0.6) is 11.5 Å². The number of piperidine rings is 1. The number of pyridine rings is 1. The molecule has 2 N–H and O–H groups in total. The minimum absolute atomic E-state index is 0.0389. The molecule has 1 aliphatic heterocycles. The second-order valence-corrected chi connectivity index (χ2v) is 7.98. The average molecular weight is 472 g/mol. The zero-order valence-corrected chi connectivity index (χ0v) is 19.4. The van der Waals surface area contributed by atoms with Gasteiger partial charge in [0.25, 0.3) is 0 Å². The summed E-state index contributed by atoms with van der Waals surface area (Å²) in [6.45, 7) is 2.38. The largest absolute Gasteiger partial charge is 0.493 e. The van der Waals surface area contributed by atoms with Gasteiger partial charge in [0.05, 0.1) is 19.1 Å². The van der Waals surface area contributed by atoms with Crippen molar-refractivity contribution in [3.05, 3.63) is 52.2 Å². The molecule has 34 heavy (non-hydrogen) atoms. The Morgan fingerprint density at radius 2 is 1.94 bits per heavy atom. The van der Waals surface area contributed by atoms with Gasteiger partial charge >= 0.3 is 5.69 Å². The summed E-state index contributed by atoms with van der Waals surface area (Å²) in [7, 11) is 3.06. The fraction of sp³-hybridized carbons (Fsp3) is 0.435. The number of nitro groups is 1. The second-order valence-electron chi connectivity index (χ2n) is 7.98. The predicted molar refractivity (Wildman–Crippen MR) is 125 cm³/mol. The predicted octanol–water partition coefficient (Wildman–Crippen LogP) is 1.84. The lowest BCUT2D eigenvalue weighted by Gasteiger charge is -2.33. The summed E-state index contributed by atoms with van der Waals surface area (Å²) in [4.78, 5) is 41.8. The first-order chi connectivity index (χ1) is 16.3. The number of ether oxygens (including phenoxy) is 2. The highest BCUT2D eigenvalue weighted by molar-refractivity contribution is 5.87. The summed E-state index contributed by atoms with van der Waals surface area (Å²) in [6, 6.07) is 7.42. The van der Waals surface area contributed by atoms with Crippen LogP contribution in [-0.4, -0.2) is 61.1 Å². The number of para-hydroxylation sites is 1. The number of nitrogens with zero attached hydrogens (tertiary/aromatic N) is 3. The molecule has 2 amide bonds. The highest BCUT2D eigenvalue weighted by atomic mass is 16.6. The molecule has 1 fully saturated rings. The van der Waals surface area contributed by atoms with E-state index in [0.717, 1.165) is 5.56 Å². The van der Waals surface area contributed by atoms with E-state index in [2.05, 4.69) is 15.6 Å². The number of carbonyl (C=O) groups excluding carboxylic acids is 2. The van der Waals surface area contributed by atoms with Gasteiger partial charge in [-0.3, -0.25) is 19.7 Å². The Kier molecular flexibility index (Phi) is 8.23. The zero-order chi connectivity index (χ0) is 24.7. The summed E-state index contributed by atoms with van der Waals surface area (Å²) >= 11 is 0. The molecule has 2 heterocycles. The maximum absolute atomic E-state index is 13.1. The van der Waals surface area contributed by atoms with Crippen LogP contribution < -0.4 is 25.0 Å². The number of methoxy groups -OCH3 is 2. The highest BCUT2D eigenvalue weighted by Gasteiger charge is 2.29. The molecule has 1 atom stereocenters. The number of hydrogen-bond acceptors (Lipinski definition) is 8. The van der Waals surface area contributed by atoms with Crippen molar-refractivity contribution in [1.82, 2.24) is 15.6 Å². The molecule has 11 nitrogen and oxygen atoms in total. The summed E-state index contributed by atoms with van der Waals surface area (Å²) in [5.74, 6) is 0.761. The SMILES string of the molecule is COc1cccc(C[C@H](NC(C)=O)C(=O)NC2CCN(c3ncccc3[N+](=O)[O-])CC2)c1OC. The van der Waals surface area contributed by atoms with Gasteiger partial charge in [0.1, 0.15) is 6.04 Å². The summed E-state index contributed by atoms with van der Waals surface area (Å²) in [5.41, 5.74) is 0.691. The van der Waals surface area contributed by atoms with E-state index in [1.807, 2.05) is 11.0 Å². The van der Waals surface area contributed by atoms with E-state index in [9.17, 15) is 19.7 Å². The Labute approximate surface area is 197 Å². The van der Waals surface area contributed by atoms with Crippen LogP contribution in [0, 0.1) is 10.1 Å². The van der Waals surface area contributed by atoms with Crippen LogP contribution in [0.4, 0.5) is 11.5 Å². The van der Waals surface area contributed by atoms with Gasteiger partial charge in [-0.15, -0.1) is 0 Å². The van der Waals surface area contributed by atoms with Crippen molar-refractivity contribution >= 4 is 23.3 Å². The van der Waals surface area contributed by atoms with Gasteiger partial charge in [0.15, 0.2) is 11.5 Å². The van der Waals surface area contributed by atoms with Crippen LogP contribution in [0.2, 0.25) is 0 Å². The van der Waals surface area contributed by atoms with Crippen LogP contribution in [-0.2, 0) is 16.0 Å². The molecule has 3 rings (SSSR count). The van der Waals surface area contributed by atoms with Crippen LogP contribution in [0.1, 0.15) is 25.3 Å². The number of amides is 2. The van der Waals surface area contributed by atoms with E-state index in [0.29, 0.717) is 43.2 Å². The lowest BCUT2D eigenvalue weighted by atomic mass is 10.0. The first-order valence-corrected chi connectivity index (χ1v) is 11.0. The summed E-state index contributed by atoms with van der Waals surface area (Å²) < 4.78 is 10.8. The molecule has 1 aromatic carbocycles. The van der Waals surface area contributed by atoms with E-state index in [1.165, 1.54) is 39.5 Å². The van der Waals surface area contributed by atoms with Crippen LogP contribution in [0.15, 0.2) is 36.5 Å². The van der Waals surface area contributed by atoms with Gasteiger partial charge < -0.3 is 25.0 Å². The molecule has 1 aromatic heterocycles. The third kappa shape index (κ3) is 5.91. The molecular formula is C23H29N5O6. The Bertz CT molecular complexity index is 1040. The van der Waals surface area contributed by atoms with Gasteiger partial charge in [-0.05, 0) is 25.0 Å². The molecule has 0 saturated carbocycles. The first kappa shape index (κ1) is 24.7. The minimum Gasteiger partial charge on any atom is -0.493 e. The third-order valence-corrected chi connectivity index (χ3v) is 5.71. The van der Waals surface area contributed by atoms with Gasteiger partial charge in [-0.1, -0.05) is 12.1 Å². The fourth-order valence-electron chi connectivity index (χ4n) is 4.10.